The zero-order chi connectivity index (χ0) is 13.7. The van der Waals surface area contributed by atoms with Crippen LogP contribution >= 0.6 is 0 Å². The van der Waals surface area contributed by atoms with Gasteiger partial charge >= 0.3 is 6.01 Å². The van der Waals surface area contributed by atoms with Crippen molar-refractivity contribution >= 4 is 6.01 Å². The summed E-state index contributed by atoms with van der Waals surface area (Å²) in [4.78, 5) is 2.19. The highest BCUT2D eigenvalue weighted by Gasteiger charge is 2.28. The van der Waals surface area contributed by atoms with Crippen LogP contribution in [0.3, 0.4) is 0 Å². The number of ether oxygens (including phenoxy) is 1. The van der Waals surface area contributed by atoms with Gasteiger partial charge in [0.1, 0.15) is 0 Å². The summed E-state index contributed by atoms with van der Waals surface area (Å²) in [6.45, 7) is 8.60. The van der Waals surface area contributed by atoms with Gasteiger partial charge in [0.2, 0.25) is 5.89 Å². The van der Waals surface area contributed by atoms with E-state index in [-0.39, 0.29) is 0 Å². The van der Waals surface area contributed by atoms with Gasteiger partial charge in [0.05, 0.1) is 13.2 Å². The molecule has 1 fully saturated rings. The Labute approximate surface area is 114 Å². The summed E-state index contributed by atoms with van der Waals surface area (Å²) in [5.74, 6) is 0.634. The van der Waals surface area contributed by atoms with Gasteiger partial charge in [0, 0.05) is 26.7 Å². The van der Waals surface area contributed by atoms with Crippen LogP contribution in [0.5, 0.6) is 0 Å². The van der Waals surface area contributed by atoms with Crippen molar-refractivity contribution in [3.63, 3.8) is 0 Å². The van der Waals surface area contributed by atoms with Gasteiger partial charge in [0.25, 0.3) is 0 Å². The van der Waals surface area contributed by atoms with Crippen molar-refractivity contribution in [1.82, 2.24) is 15.5 Å². The minimum Gasteiger partial charge on any atom is -0.407 e. The van der Waals surface area contributed by atoms with Crippen LogP contribution in [0.25, 0.3) is 0 Å². The summed E-state index contributed by atoms with van der Waals surface area (Å²) < 4.78 is 10.7. The first kappa shape index (κ1) is 14.3. The Balaban J connectivity index is 1.86. The van der Waals surface area contributed by atoms with Crippen LogP contribution in [0.2, 0.25) is 0 Å². The van der Waals surface area contributed by atoms with Gasteiger partial charge in [0.15, 0.2) is 0 Å². The molecule has 19 heavy (non-hydrogen) atoms. The Hall–Kier alpha value is -1.14. The normalized spacial score (nSPS) is 18.8. The fraction of sp³-hybridized carbons (Fsp3) is 0.846. The van der Waals surface area contributed by atoms with Crippen molar-refractivity contribution in [2.24, 2.45) is 5.41 Å². The highest BCUT2D eigenvalue weighted by molar-refractivity contribution is 5.25. The van der Waals surface area contributed by atoms with E-state index in [1.165, 1.54) is 12.8 Å². The molecule has 1 N–H and O–H groups in total. The Morgan fingerprint density at radius 2 is 2.26 bits per heavy atom. The molecule has 108 valence electrons. The highest BCUT2D eigenvalue weighted by Crippen LogP contribution is 2.30. The summed E-state index contributed by atoms with van der Waals surface area (Å²) in [5, 5.41) is 11.4. The van der Waals surface area contributed by atoms with E-state index in [9.17, 15) is 0 Å². The summed E-state index contributed by atoms with van der Waals surface area (Å²) in [5.41, 5.74) is 0.323. The molecule has 1 aromatic heterocycles. The van der Waals surface area contributed by atoms with Gasteiger partial charge in [-0.1, -0.05) is 18.9 Å². The number of nitrogens with zero attached hydrogens (tertiary/aromatic N) is 3. The molecule has 0 atom stereocenters. The molecule has 6 nitrogen and oxygen atoms in total. The molecular weight excluding hydrogens is 244 g/mol. The Morgan fingerprint density at radius 1 is 1.42 bits per heavy atom. The number of aromatic nitrogens is 2. The standard InChI is InChI=1S/C13H24N4O2/c1-13(2)5-4-7-17(10-13)12-16-15-11(19-12)9-14-6-8-18-3/h14H,4-10H2,1-3H3. The van der Waals surface area contributed by atoms with Gasteiger partial charge in [-0.2, -0.15) is 0 Å². The topological polar surface area (TPSA) is 63.4 Å². The quantitative estimate of drug-likeness (QED) is 0.788. The molecule has 1 aromatic rings. The van der Waals surface area contributed by atoms with Crippen molar-refractivity contribution in [3.8, 4) is 0 Å². The number of anilines is 1. The third-order valence-electron chi connectivity index (χ3n) is 3.39. The number of piperidine rings is 1. The van der Waals surface area contributed by atoms with Crippen molar-refractivity contribution in [3.05, 3.63) is 5.89 Å². The number of nitrogens with one attached hydrogen (secondary N) is 1. The SMILES string of the molecule is COCCNCc1nnc(N2CCCC(C)(C)C2)o1. The molecule has 0 unspecified atom stereocenters. The van der Waals surface area contributed by atoms with E-state index in [1.54, 1.807) is 7.11 Å². The maximum Gasteiger partial charge on any atom is 0.318 e. The second-order valence-electron chi connectivity index (χ2n) is 5.84. The summed E-state index contributed by atoms with van der Waals surface area (Å²) in [6, 6.07) is 0.649. The summed E-state index contributed by atoms with van der Waals surface area (Å²) in [6.07, 6.45) is 2.43. The first-order valence-electron chi connectivity index (χ1n) is 6.88. The molecular formula is C13H24N4O2. The minimum absolute atomic E-state index is 0.323. The Morgan fingerprint density at radius 3 is 3.00 bits per heavy atom. The van der Waals surface area contributed by atoms with Gasteiger partial charge in [-0.05, 0) is 18.3 Å². The fourth-order valence-electron chi connectivity index (χ4n) is 2.40. The van der Waals surface area contributed by atoms with Gasteiger partial charge in [-0.15, -0.1) is 5.10 Å². The lowest BCUT2D eigenvalue weighted by Gasteiger charge is -2.36. The van der Waals surface area contributed by atoms with Crippen molar-refractivity contribution in [2.45, 2.75) is 33.2 Å². The maximum absolute atomic E-state index is 5.70. The molecule has 0 saturated carbocycles. The number of hydrogen-bond donors (Lipinski definition) is 1. The van der Waals surface area contributed by atoms with Crippen LogP contribution in [0.15, 0.2) is 4.42 Å². The van der Waals surface area contributed by atoms with E-state index in [2.05, 4.69) is 34.3 Å². The van der Waals surface area contributed by atoms with E-state index >= 15 is 0 Å². The average molecular weight is 268 g/mol. The minimum atomic E-state index is 0.323. The molecule has 0 amide bonds. The van der Waals surface area contributed by atoms with Crippen LogP contribution in [-0.2, 0) is 11.3 Å². The van der Waals surface area contributed by atoms with Gasteiger partial charge in [-0.25, -0.2) is 0 Å². The second kappa shape index (κ2) is 6.34. The first-order valence-corrected chi connectivity index (χ1v) is 6.88. The van der Waals surface area contributed by atoms with Crippen molar-refractivity contribution < 1.29 is 9.15 Å². The number of methoxy groups -OCH3 is 1. The Bertz CT molecular complexity index is 392. The molecule has 1 aliphatic heterocycles. The predicted octanol–water partition coefficient (Wildman–Crippen LogP) is 1.43. The van der Waals surface area contributed by atoms with E-state index in [0.29, 0.717) is 30.5 Å². The first-order chi connectivity index (χ1) is 9.11. The lowest BCUT2D eigenvalue weighted by atomic mass is 9.84. The second-order valence-corrected chi connectivity index (χ2v) is 5.84. The van der Waals surface area contributed by atoms with Crippen molar-refractivity contribution in [1.29, 1.82) is 0 Å². The molecule has 1 saturated heterocycles. The predicted molar refractivity (Wildman–Crippen MR) is 73.1 cm³/mol. The molecule has 0 bridgehead atoms. The lowest BCUT2D eigenvalue weighted by Crippen LogP contribution is -2.40. The van der Waals surface area contributed by atoms with E-state index < -0.39 is 0 Å². The van der Waals surface area contributed by atoms with E-state index in [1.807, 2.05) is 0 Å². The highest BCUT2D eigenvalue weighted by atomic mass is 16.5. The van der Waals surface area contributed by atoms with Crippen molar-refractivity contribution in [2.75, 3.05) is 38.3 Å². The van der Waals surface area contributed by atoms with Crippen LogP contribution in [0, 0.1) is 5.41 Å². The van der Waals surface area contributed by atoms with E-state index in [0.717, 1.165) is 19.6 Å². The largest absolute Gasteiger partial charge is 0.407 e. The third-order valence-corrected chi connectivity index (χ3v) is 3.39. The Kier molecular flexibility index (Phi) is 4.76. The maximum atomic E-state index is 5.70. The molecule has 0 spiro atoms. The summed E-state index contributed by atoms with van der Waals surface area (Å²) in [7, 11) is 1.69. The zero-order valence-corrected chi connectivity index (χ0v) is 12.1. The number of rotatable bonds is 6. The molecule has 2 rings (SSSR count). The molecule has 0 aliphatic carbocycles. The molecule has 2 heterocycles. The van der Waals surface area contributed by atoms with Crippen LogP contribution < -0.4 is 10.2 Å². The lowest BCUT2D eigenvalue weighted by molar-refractivity contribution is 0.198. The zero-order valence-electron chi connectivity index (χ0n) is 12.1. The van der Waals surface area contributed by atoms with Gasteiger partial charge in [-0.3, -0.25) is 0 Å². The van der Waals surface area contributed by atoms with E-state index in [4.69, 9.17) is 9.15 Å². The molecule has 6 heteroatoms. The van der Waals surface area contributed by atoms with Crippen LogP contribution in [0.4, 0.5) is 6.01 Å². The third kappa shape index (κ3) is 4.18. The molecule has 0 aromatic carbocycles. The smallest absolute Gasteiger partial charge is 0.318 e. The molecule has 0 radical (unpaired) electrons. The van der Waals surface area contributed by atoms with Crippen LogP contribution in [-0.4, -0.2) is 43.5 Å². The fourth-order valence-corrected chi connectivity index (χ4v) is 2.40. The van der Waals surface area contributed by atoms with Crippen LogP contribution in [0.1, 0.15) is 32.6 Å². The molecule has 1 aliphatic rings. The number of hydrogen-bond acceptors (Lipinski definition) is 6. The van der Waals surface area contributed by atoms with Gasteiger partial charge < -0.3 is 19.4 Å². The summed E-state index contributed by atoms with van der Waals surface area (Å²) >= 11 is 0. The monoisotopic (exact) mass is 268 g/mol. The average Bonchev–Trinajstić information content (AvgIpc) is 2.82.